The SMILES string of the molecule is CCNC(=NCc1ccccc1CN1CCCCCC1)NCCCOC1CCOC1.I. The van der Waals surface area contributed by atoms with Gasteiger partial charge in [-0.15, -0.1) is 24.0 Å². The van der Waals surface area contributed by atoms with E-state index in [0.29, 0.717) is 6.54 Å². The van der Waals surface area contributed by atoms with Gasteiger partial charge in [0.25, 0.3) is 0 Å². The van der Waals surface area contributed by atoms with Gasteiger partial charge in [0, 0.05) is 32.8 Å². The summed E-state index contributed by atoms with van der Waals surface area (Å²) < 4.78 is 11.2. The molecule has 0 bridgehead atoms. The van der Waals surface area contributed by atoms with Crippen LogP contribution in [0.1, 0.15) is 56.6 Å². The number of hydrogen-bond acceptors (Lipinski definition) is 4. The van der Waals surface area contributed by atoms with Gasteiger partial charge >= 0.3 is 0 Å². The van der Waals surface area contributed by atoms with Crippen LogP contribution in [0.3, 0.4) is 0 Å². The lowest BCUT2D eigenvalue weighted by molar-refractivity contribution is 0.0420. The quantitative estimate of drug-likeness (QED) is 0.202. The van der Waals surface area contributed by atoms with Gasteiger partial charge in [0.1, 0.15) is 0 Å². The van der Waals surface area contributed by atoms with Crippen LogP contribution in [0.4, 0.5) is 0 Å². The van der Waals surface area contributed by atoms with E-state index in [4.69, 9.17) is 14.5 Å². The fourth-order valence-corrected chi connectivity index (χ4v) is 4.08. The Morgan fingerprint density at radius 3 is 2.61 bits per heavy atom. The maximum Gasteiger partial charge on any atom is 0.191 e. The maximum atomic E-state index is 5.84. The van der Waals surface area contributed by atoms with Crippen molar-refractivity contribution in [2.24, 2.45) is 4.99 Å². The first kappa shape index (κ1) is 26.4. The highest BCUT2D eigenvalue weighted by molar-refractivity contribution is 14.0. The molecule has 0 saturated carbocycles. The summed E-state index contributed by atoms with van der Waals surface area (Å²) >= 11 is 0. The van der Waals surface area contributed by atoms with E-state index in [1.807, 2.05) is 0 Å². The Morgan fingerprint density at radius 2 is 1.90 bits per heavy atom. The molecule has 0 radical (unpaired) electrons. The summed E-state index contributed by atoms with van der Waals surface area (Å²) in [6.07, 6.45) is 7.67. The van der Waals surface area contributed by atoms with E-state index in [2.05, 4.69) is 46.7 Å². The molecule has 2 aliphatic rings. The van der Waals surface area contributed by atoms with Gasteiger partial charge in [0.05, 0.1) is 19.3 Å². The zero-order valence-corrected chi connectivity index (χ0v) is 21.4. The smallest absolute Gasteiger partial charge is 0.191 e. The van der Waals surface area contributed by atoms with E-state index >= 15 is 0 Å². The highest BCUT2D eigenvalue weighted by atomic mass is 127. The number of aliphatic imine (C=N–C) groups is 1. The second-order valence-corrected chi connectivity index (χ2v) is 8.29. The van der Waals surface area contributed by atoms with E-state index in [0.717, 1.165) is 58.3 Å². The van der Waals surface area contributed by atoms with Crippen molar-refractivity contribution in [3.8, 4) is 0 Å². The predicted molar refractivity (Wildman–Crippen MR) is 138 cm³/mol. The Hall–Kier alpha value is -0.900. The van der Waals surface area contributed by atoms with Crippen LogP contribution >= 0.6 is 24.0 Å². The lowest BCUT2D eigenvalue weighted by Gasteiger charge is -2.21. The third kappa shape index (κ3) is 10.1. The van der Waals surface area contributed by atoms with Crippen LogP contribution in [0, 0.1) is 0 Å². The topological polar surface area (TPSA) is 58.1 Å². The Balaban J connectivity index is 0.00000341. The van der Waals surface area contributed by atoms with E-state index in [-0.39, 0.29) is 30.1 Å². The Labute approximate surface area is 205 Å². The van der Waals surface area contributed by atoms with Crippen molar-refractivity contribution < 1.29 is 9.47 Å². The third-order valence-corrected chi connectivity index (χ3v) is 5.82. The third-order valence-electron chi connectivity index (χ3n) is 5.82. The summed E-state index contributed by atoms with van der Waals surface area (Å²) in [6.45, 7) is 10.3. The molecule has 2 saturated heterocycles. The highest BCUT2D eigenvalue weighted by Gasteiger charge is 2.15. The van der Waals surface area contributed by atoms with Crippen molar-refractivity contribution in [2.45, 2.75) is 64.6 Å². The number of halogens is 1. The average Bonchev–Trinajstić information content (AvgIpc) is 3.15. The van der Waals surface area contributed by atoms with E-state index in [1.165, 1.54) is 49.9 Å². The largest absolute Gasteiger partial charge is 0.379 e. The maximum absolute atomic E-state index is 5.84. The molecule has 0 spiro atoms. The number of benzene rings is 1. The van der Waals surface area contributed by atoms with Crippen molar-refractivity contribution in [2.75, 3.05) is 46.0 Å². The van der Waals surface area contributed by atoms with Gasteiger partial charge in [-0.2, -0.15) is 0 Å². The standard InChI is InChI=1S/C24H40N4O2.HI/c1-2-25-24(26-13-9-16-30-23-12-17-29-20-23)27-18-21-10-5-6-11-22(21)19-28-14-7-3-4-8-15-28;/h5-6,10-11,23H,2-4,7-9,12-20H2,1H3,(H2,25,26,27);1H. The summed E-state index contributed by atoms with van der Waals surface area (Å²) in [4.78, 5) is 7.45. The van der Waals surface area contributed by atoms with Crippen LogP contribution in [0.25, 0.3) is 0 Å². The normalized spacial score (nSPS) is 20.2. The molecule has 7 heteroatoms. The molecule has 6 nitrogen and oxygen atoms in total. The van der Waals surface area contributed by atoms with E-state index < -0.39 is 0 Å². The van der Waals surface area contributed by atoms with Gasteiger partial charge in [-0.3, -0.25) is 4.90 Å². The zero-order chi connectivity index (χ0) is 20.9. The Kier molecular flexibility index (Phi) is 13.5. The molecule has 1 aromatic carbocycles. The number of rotatable bonds is 10. The van der Waals surface area contributed by atoms with Crippen LogP contribution in [0.15, 0.2) is 29.3 Å². The lowest BCUT2D eigenvalue weighted by Crippen LogP contribution is -2.38. The first-order valence-corrected chi connectivity index (χ1v) is 11.9. The summed E-state index contributed by atoms with van der Waals surface area (Å²) in [5.74, 6) is 0.881. The van der Waals surface area contributed by atoms with Crippen LogP contribution in [0.2, 0.25) is 0 Å². The van der Waals surface area contributed by atoms with Gasteiger partial charge in [-0.1, -0.05) is 37.1 Å². The first-order chi connectivity index (χ1) is 14.8. The van der Waals surface area contributed by atoms with Crippen LogP contribution in [-0.2, 0) is 22.6 Å². The number of hydrogen-bond donors (Lipinski definition) is 2. The molecule has 0 amide bonds. The van der Waals surface area contributed by atoms with E-state index in [1.54, 1.807) is 0 Å². The highest BCUT2D eigenvalue weighted by Crippen LogP contribution is 2.17. The first-order valence-electron chi connectivity index (χ1n) is 11.9. The fraction of sp³-hybridized carbons (Fsp3) is 0.708. The number of nitrogens with one attached hydrogen (secondary N) is 2. The number of guanidine groups is 1. The van der Waals surface area contributed by atoms with Crippen LogP contribution in [0.5, 0.6) is 0 Å². The minimum Gasteiger partial charge on any atom is -0.379 e. The molecule has 176 valence electrons. The molecule has 0 aliphatic carbocycles. The van der Waals surface area contributed by atoms with Gasteiger partial charge < -0.3 is 20.1 Å². The van der Waals surface area contributed by atoms with Crippen LogP contribution < -0.4 is 10.6 Å². The van der Waals surface area contributed by atoms with Gasteiger partial charge in [-0.25, -0.2) is 4.99 Å². The summed E-state index contributed by atoms with van der Waals surface area (Å²) in [5.41, 5.74) is 2.73. The molecule has 0 aromatic heterocycles. The number of nitrogens with zero attached hydrogens (tertiary/aromatic N) is 2. The monoisotopic (exact) mass is 544 g/mol. The molecule has 2 heterocycles. The molecular weight excluding hydrogens is 503 g/mol. The van der Waals surface area contributed by atoms with Gasteiger partial charge in [0.15, 0.2) is 5.96 Å². The molecule has 1 aromatic rings. The molecule has 31 heavy (non-hydrogen) atoms. The average molecular weight is 545 g/mol. The zero-order valence-electron chi connectivity index (χ0n) is 19.1. The van der Waals surface area contributed by atoms with Gasteiger partial charge in [-0.05, 0) is 56.8 Å². The molecule has 1 atom stereocenters. The Morgan fingerprint density at radius 1 is 1.13 bits per heavy atom. The minimum atomic E-state index is 0. The molecule has 2 N–H and O–H groups in total. The second kappa shape index (κ2) is 15.8. The van der Waals surface area contributed by atoms with Crippen molar-refractivity contribution >= 4 is 29.9 Å². The van der Waals surface area contributed by atoms with Crippen molar-refractivity contribution in [3.05, 3.63) is 35.4 Å². The molecule has 1 unspecified atom stereocenters. The predicted octanol–water partition coefficient (Wildman–Crippen LogP) is 3.93. The van der Waals surface area contributed by atoms with Crippen LogP contribution in [-0.4, -0.2) is 63.0 Å². The van der Waals surface area contributed by atoms with E-state index in [9.17, 15) is 0 Å². The summed E-state index contributed by atoms with van der Waals surface area (Å²) in [5, 5.41) is 6.80. The molecule has 3 rings (SSSR count). The fourth-order valence-electron chi connectivity index (χ4n) is 4.08. The molecular formula is C24H41IN4O2. The Bertz CT molecular complexity index is 630. The molecule has 2 fully saturated rings. The number of ether oxygens (including phenoxy) is 2. The van der Waals surface area contributed by atoms with Gasteiger partial charge in [0.2, 0.25) is 0 Å². The van der Waals surface area contributed by atoms with Crippen molar-refractivity contribution in [1.82, 2.24) is 15.5 Å². The summed E-state index contributed by atoms with van der Waals surface area (Å²) in [6, 6.07) is 8.76. The molecule has 2 aliphatic heterocycles. The minimum absolute atomic E-state index is 0. The lowest BCUT2D eigenvalue weighted by atomic mass is 10.1. The number of likely N-dealkylation sites (tertiary alicyclic amines) is 1. The van der Waals surface area contributed by atoms with Crippen molar-refractivity contribution in [1.29, 1.82) is 0 Å². The van der Waals surface area contributed by atoms with Crippen molar-refractivity contribution in [3.63, 3.8) is 0 Å². The second-order valence-electron chi connectivity index (χ2n) is 8.29. The summed E-state index contributed by atoms with van der Waals surface area (Å²) in [7, 11) is 0.